The van der Waals surface area contributed by atoms with Gasteiger partial charge in [0.1, 0.15) is 0 Å². The van der Waals surface area contributed by atoms with Gasteiger partial charge >= 0.3 is 0 Å². The predicted octanol–water partition coefficient (Wildman–Crippen LogP) is 8.33. The van der Waals surface area contributed by atoms with Crippen molar-refractivity contribution in [3.05, 3.63) is 113 Å². The van der Waals surface area contributed by atoms with Crippen LogP contribution in [0.1, 0.15) is 69.7 Å². The molecule has 0 atom stereocenters. The SMILES string of the molecule is CC.CC(C)(C)NS(=O)(=O)c1ccccc1/C=C/c1cccc2c1NCCC(=O)N2.O=C1CCNc2c(/C=C/c3ccccc3)cccc2N1. The highest BCUT2D eigenvalue weighted by Gasteiger charge is 2.24. The molecule has 2 heterocycles. The van der Waals surface area contributed by atoms with Gasteiger partial charge in [-0.15, -0.1) is 0 Å². The molecule has 50 heavy (non-hydrogen) atoms. The quantitative estimate of drug-likeness (QED) is 0.129. The van der Waals surface area contributed by atoms with E-state index in [2.05, 4.69) is 50.3 Å². The van der Waals surface area contributed by atoms with Crippen LogP contribution in [0.25, 0.3) is 24.3 Å². The number of carbonyl (C=O) groups excluding carboxylic acids is 2. The number of nitrogens with one attached hydrogen (secondary N) is 5. The second kappa shape index (κ2) is 17.5. The van der Waals surface area contributed by atoms with Crippen LogP contribution in [0.4, 0.5) is 22.7 Å². The van der Waals surface area contributed by atoms with E-state index in [1.807, 2.05) is 95.3 Å². The molecule has 0 bridgehead atoms. The number of fused-ring (bicyclic) bond motifs is 2. The summed E-state index contributed by atoms with van der Waals surface area (Å²) in [5, 5.41) is 12.4. The van der Waals surface area contributed by atoms with E-state index in [4.69, 9.17) is 0 Å². The van der Waals surface area contributed by atoms with Crippen LogP contribution in [0.15, 0.2) is 95.9 Å². The monoisotopic (exact) mass is 693 g/mol. The maximum Gasteiger partial charge on any atom is 0.241 e. The zero-order valence-corrected chi connectivity index (χ0v) is 30.2. The van der Waals surface area contributed by atoms with Gasteiger partial charge in [-0.1, -0.05) is 111 Å². The topological polar surface area (TPSA) is 128 Å². The molecular weight excluding hydrogens is 647 g/mol. The van der Waals surface area contributed by atoms with Crippen molar-refractivity contribution in [2.24, 2.45) is 0 Å². The molecule has 0 aliphatic carbocycles. The Bertz CT molecular complexity index is 1950. The van der Waals surface area contributed by atoms with Gasteiger partial charge in [-0.2, -0.15) is 0 Å². The van der Waals surface area contributed by atoms with E-state index >= 15 is 0 Å². The highest BCUT2D eigenvalue weighted by molar-refractivity contribution is 7.89. The Balaban J connectivity index is 0.000000224. The van der Waals surface area contributed by atoms with Gasteiger partial charge in [0, 0.05) is 31.5 Å². The van der Waals surface area contributed by atoms with Crippen molar-refractivity contribution in [3.8, 4) is 0 Å². The Labute approximate surface area is 296 Å². The summed E-state index contributed by atoms with van der Waals surface area (Å²) in [4.78, 5) is 23.6. The van der Waals surface area contributed by atoms with Crippen molar-refractivity contribution >= 4 is 68.9 Å². The number of anilines is 4. The Kier molecular flexibility index (Phi) is 13.1. The maximum absolute atomic E-state index is 12.8. The summed E-state index contributed by atoms with van der Waals surface area (Å²) in [5.74, 6) is 0.0255. The summed E-state index contributed by atoms with van der Waals surface area (Å²) < 4.78 is 28.3. The maximum atomic E-state index is 12.8. The third-order valence-electron chi connectivity index (χ3n) is 7.40. The molecule has 10 heteroatoms. The van der Waals surface area contributed by atoms with Crippen molar-refractivity contribution in [1.82, 2.24) is 4.72 Å². The zero-order valence-electron chi connectivity index (χ0n) is 29.3. The molecule has 0 unspecified atom stereocenters. The smallest absolute Gasteiger partial charge is 0.241 e. The minimum absolute atomic E-state index is 0.0305. The number of hydrogen-bond donors (Lipinski definition) is 5. The molecular formula is C40H47N5O4S. The van der Waals surface area contributed by atoms with Gasteiger partial charge in [0.2, 0.25) is 21.8 Å². The summed E-state index contributed by atoms with van der Waals surface area (Å²) in [7, 11) is -3.66. The number of sulfonamides is 1. The fourth-order valence-electron chi connectivity index (χ4n) is 5.30. The summed E-state index contributed by atoms with van der Waals surface area (Å²) in [6.45, 7) is 10.6. The first-order valence-electron chi connectivity index (χ1n) is 16.9. The molecule has 2 aliphatic rings. The molecule has 2 amide bonds. The third-order valence-corrected chi connectivity index (χ3v) is 9.23. The second-order valence-electron chi connectivity index (χ2n) is 12.5. The van der Waals surface area contributed by atoms with Gasteiger partial charge in [0.05, 0.1) is 27.6 Å². The largest absolute Gasteiger partial charge is 0.382 e. The van der Waals surface area contributed by atoms with E-state index in [0.717, 1.165) is 39.4 Å². The van der Waals surface area contributed by atoms with Crippen LogP contribution >= 0.6 is 0 Å². The van der Waals surface area contributed by atoms with Crippen LogP contribution in [0.3, 0.4) is 0 Å². The second-order valence-corrected chi connectivity index (χ2v) is 14.1. The number of benzene rings is 4. The van der Waals surface area contributed by atoms with Crippen LogP contribution in [-0.4, -0.2) is 38.9 Å². The van der Waals surface area contributed by atoms with Crippen molar-refractivity contribution in [2.75, 3.05) is 34.4 Å². The Morgan fingerprint density at radius 2 is 1.06 bits per heavy atom. The molecule has 0 aromatic heterocycles. The number of para-hydroxylation sites is 2. The predicted molar refractivity (Wildman–Crippen MR) is 209 cm³/mol. The van der Waals surface area contributed by atoms with Gasteiger partial charge < -0.3 is 21.3 Å². The molecule has 0 saturated heterocycles. The number of amides is 2. The lowest BCUT2D eigenvalue weighted by molar-refractivity contribution is -0.116. The molecule has 0 spiro atoms. The fourth-order valence-corrected chi connectivity index (χ4v) is 6.92. The molecule has 0 saturated carbocycles. The van der Waals surface area contributed by atoms with Gasteiger partial charge in [-0.3, -0.25) is 9.59 Å². The molecule has 5 N–H and O–H groups in total. The summed E-state index contributed by atoms with van der Waals surface area (Å²) in [6.07, 6.45) is 8.67. The van der Waals surface area contributed by atoms with E-state index in [1.54, 1.807) is 30.3 Å². The normalized spacial score (nSPS) is 14.2. The first-order chi connectivity index (χ1) is 24.0. The molecule has 6 rings (SSSR count). The summed E-state index contributed by atoms with van der Waals surface area (Å²) >= 11 is 0. The fraction of sp³-hybridized carbons (Fsp3) is 0.250. The number of rotatable bonds is 6. The van der Waals surface area contributed by atoms with Crippen LogP contribution in [0.2, 0.25) is 0 Å². The van der Waals surface area contributed by atoms with E-state index in [0.29, 0.717) is 31.5 Å². The van der Waals surface area contributed by atoms with Crippen LogP contribution < -0.4 is 26.0 Å². The minimum atomic E-state index is -3.66. The Morgan fingerprint density at radius 1 is 0.600 bits per heavy atom. The molecule has 9 nitrogen and oxygen atoms in total. The van der Waals surface area contributed by atoms with E-state index in [-0.39, 0.29) is 16.7 Å². The van der Waals surface area contributed by atoms with Gasteiger partial charge in [-0.25, -0.2) is 13.1 Å². The molecule has 4 aromatic rings. The highest BCUT2D eigenvalue weighted by Crippen LogP contribution is 2.31. The van der Waals surface area contributed by atoms with Crippen molar-refractivity contribution in [1.29, 1.82) is 0 Å². The zero-order chi connectivity index (χ0) is 36.1. The summed E-state index contributed by atoms with van der Waals surface area (Å²) in [6, 6.07) is 28.6. The average molecular weight is 694 g/mol. The van der Waals surface area contributed by atoms with Gasteiger partial charge in [-0.05, 0) is 61.2 Å². The van der Waals surface area contributed by atoms with Crippen LogP contribution in [0.5, 0.6) is 0 Å². The molecule has 0 fully saturated rings. The minimum Gasteiger partial charge on any atom is -0.382 e. The molecule has 2 aliphatic heterocycles. The van der Waals surface area contributed by atoms with Gasteiger partial charge in [0.25, 0.3) is 0 Å². The van der Waals surface area contributed by atoms with Crippen molar-refractivity contribution in [3.63, 3.8) is 0 Å². The van der Waals surface area contributed by atoms with Crippen molar-refractivity contribution < 1.29 is 18.0 Å². The lowest BCUT2D eigenvalue weighted by Crippen LogP contribution is -2.40. The summed E-state index contributed by atoms with van der Waals surface area (Å²) in [5.41, 5.74) is 6.52. The standard InChI is InChI=1S/C21H25N3O3S.C17H16N2O.C2H6/c1-21(2,3)24-28(26,27)18-10-5-4-7-15(18)11-12-16-8-6-9-17-20(16)22-14-13-19(25)23-17;20-16-11-12-18-17-14(7-4-8-15(17)19-16)10-9-13-5-2-1-3-6-13;1-2/h4-12,22,24H,13-14H2,1-3H3,(H,23,25);1-10,18H,11-12H2,(H,19,20);1-2H3/b12-11+;10-9+;. The van der Waals surface area contributed by atoms with E-state index < -0.39 is 15.6 Å². The first-order valence-corrected chi connectivity index (χ1v) is 18.3. The highest BCUT2D eigenvalue weighted by atomic mass is 32.2. The molecule has 0 radical (unpaired) electrons. The molecule has 4 aromatic carbocycles. The van der Waals surface area contributed by atoms with Crippen LogP contribution in [-0.2, 0) is 19.6 Å². The van der Waals surface area contributed by atoms with E-state index in [9.17, 15) is 18.0 Å². The molecule has 262 valence electrons. The van der Waals surface area contributed by atoms with Crippen molar-refractivity contribution in [2.45, 2.75) is 57.9 Å². The lowest BCUT2D eigenvalue weighted by atomic mass is 10.1. The number of hydrogen-bond acceptors (Lipinski definition) is 6. The Morgan fingerprint density at radius 3 is 1.60 bits per heavy atom. The lowest BCUT2D eigenvalue weighted by Gasteiger charge is -2.21. The van der Waals surface area contributed by atoms with E-state index in [1.165, 1.54) is 0 Å². The van der Waals surface area contributed by atoms with Gasteiger partial charge in [0.15, 0.2) is 0 Å². The Hall–Kier alpha value is -5.19. The number of carbonyl (C=O) groups is 2. The first kappa shape index (κ1) is 37.6. The average Bonchev–Trinajstić information content (AvgIpc) is 3.41. The van der Waals surface area contributed by atoms with Crippen LogP contribution in [0, 0.1) is 0 Å². The third kappa shape index (κ3) is 10.7.